The van der Waals surface area contributed by atoms with Crippen LogP contribution in [0.25, 0.3) is 0 Å². The van der Waals surface area contributed by atoms with Gasteiger partial charge in [-0.1, -0.05) is 48.5 Å². The predicted octanol–water partition coefficient (Wildman–Crippen LogP) is 3.63. The van der Waals surface area contributed by atoms with Crippen molar-refractivity contribution in [2.75, 3.05) is 6.61 Å². The number of nitrogens with one attached hydrogen (secondary N) is 1. The number of carbonyl (C=O) groups is 6. The standard InChI is InChI=1S/C44H53NO14/c1-23-29-20-43(53,21-30(23)56-40(52)35(59-41(5,6)7)33(45-24(2)46)27-15-11-9-12-16-27)38(57-39(51)28-17-13-10-14-18-28)36-42(8,37(50)34(29)55-25(3)47)31(49)19-32-44(36,22-54-32)58-26(4)48/h9-18,30-36,38,49,53H,19-22H2,1-8H3,(H,45,46)/t30-,31-,32+,33-,34+,35+,36?,38-,42+,43+,44-/m0/s1. The molecule has 15 nitrogen and oxygen atoms in total. The molecule has 2 aromatic carbocycles. The van der Waals surface area contributed by atoms with Gasteiger partial charge in [-0.2, -0.15) is 0 Å². The Kier molecular flexibility index (Phi) is 12.0. The SMILES string of the molecule is CC(=O)N[C@@H](c1ccccc1)[C@@H](OC(C)(C)C)C(=O)O[C@H]1C[C@]2(O)CC(=C1C)[C@@H](OC(C)=O)C(=O)[C@@]1(C)C([C@@H]2OC(=O)c2ccccc2)[C@]2(OC(C)=O)CO[C@@H]2C[C@@H]1O. The minimum absolute atomic E-state index is 0.0627. The van der Waals surface area contributed by atoms with Crippen LogP contribution in [-0.4, -0.2) is 106 Å². The summed E-state index contributed by atoms with van der Waals surface area (Å²) in [6.07, 6.45) is -9.82. The van der Waals surface area contributed by atoms with Gasteiger partial charge in [0.05, 0.1) is 41.3 Å². The zero-order valence-electron chi connectivity index (χ0n) is 34.5. The van der Waals surface area contributed by atoms with E-state index in [0.717, 1.165) is 6.92 Å². The van der Waals surface area contributed by atoms with Crippen LogP contribution in [0.1, 0.15) is 96.6 Å². The van der Waals surface area contributed by atoms with Gasteiger partial charge < -0.3 is 44.0 Å². The first-order valence-corrected chi connectivity index (χ1v) is 19.7. The number of hydrogen-bond donors (Lipinski definition) is 3. The van der Waals surface area contributed by atoms with Crippen LogP contribution in [0.3, 0.4) is 0 Å². The van der Waals surface area contributed by atoms with Crippen LogP contribution in [0.2, 0.25) is 0 Å². The second kappa shape index (κ2) is 16.2. The minimum atomic E-state index is -2.24. The number of Topliss-reactive ketones (excluding diaryl/α,β-unsaturated/α-hetero) is 1. The third-order valence-corrected chi connectivity index (χ3v) is 12.0. The number of aliphatic hydroxyl groups is 2. The van der Waals surface area contributed by atoms with Crippen LogP contribution < -0.4 is 5.32 Å². The van der Waals surface area contributed by atoms with Gasteiger partial charge in [0.15, 0.2) is 23.6 Å². The number of hydrogen-bond acceptors (Lipinski definition) is 14. The molecule has 1 unspecified atom stereocenters. The van der Waals surface area contributed by atoms with Crippen LogP contribution in [0.4, 0.5) is 0 Å². The van der Waals surface area contributed by atoms with Gasteiger partial charge in [-0.3, -0.25) is 19.2 Å². The van der Waals surface area contributed by atoms with E-state index in [-0.39, 0.29) is 29.7 Å². The lowest BCUT2D eigenvalue weighted by atomic mass is 9.48. The highest BCUT2D eigenvalue weighted by atomic mass is 16.6. The van der Waals surface area contributed by atoms with Crippen LogP contribution in [0.15, 0.2) is 71.8 Å². The first kappa shape index (κ1) is 43.6. The molecule has 11 atom stereocenters. The van der Waals surface area contributed by atoms with Gasteiger partial charge in [-0.05, 0) is 63.5 Å². The van der Waals surface area contributed by atoms with Gasteiger partial charge >= 0.3 is 23.9 Å². The molecule has 0 spiro atoms. The molecular weight excluding hydrogens is 766 g/mol. The third kappa shape index (κ3) is 8.30. The fraction of sp³-hybridized carbons (Fsp3) is 0.545. The normalized spacial score (nSPS) is 32.3. The molecule has 0 radical (unpaired) electrons. The molecule has 0 aromatic heterocycles. The summed E-state index contributed by atoms with van der Waals surface area (Å²) in [5, 5.41) is 28.0. The molecule has 2 aromatic rings. The monoisotopic (exact) mass is 819 g/mol. The van der Waals surface area contributed by atoms with Crippen molar-refractivity contribution in [1.82, 2.24) is 5.32 Å². The summed E-state index contributed by atoms with van der Waals surface area (Å²) in [5.74, 6) is -6.20. The van der Waals surface area contributed by atoms with Crippen molar-refractivity contribution in [1.29, 1.82) is 0 Å². The first-order valence-electron chi connectivity index (χ1n) is 19.7. The maximum absolute atomic E-state index is 15.3. The number of amides is 1. The van der Waals surface area contributed by atoms with E-state index in [1.165, 1.54) is 32.9 Å². The molecule has 3 fully saturated rings. The van der Waals surface area contributed by atoms with Crippen LogP contribution >= 0.6 is 0 Å². The van der Waals surface area contributed by atoms with Crippen LogP contribution in [-0.2, 0) is 52.4 Å². The summed E-state index contributed by atoms with van der Waals surface area (Å²) in [4.78, 5) is 82.3. The molecule has 1 amide bonds. The fourth-order valence-electron chi connectivity index (χ4n) is 9.30. The second-order valence-corrected chi connectivity index (χ2v) is 17.3. The Morgan fingerprint density at radius 2 is 1.54 bits per heavy atom. The molecule has 3 N–H and O–H groups in total. The molecule has 1 saturated heterocycles. The van der Waals surface area contributed by atoms with Crippen molar-refractivity contribution in [3.05, 3.63) is 82.9 Å². The zero-order chi connectivity index (χ0) is 43.2. The first-order chi connectivity index (χ1) is 27.6. The summed E-state index contributed by atoms with van der Waals surface area (Å²) in [5.41, 5.74) is -5.93. The van der Waals surface area contributed by atoms with Crippen molar-refractivity contribution >= 4 is 35.6 Å². The zero-order valence-corrected chi connectivity index (χ0v) is 34.5. The molecule has 2 saturated carbocycles. The largest absolute Gasteiger partial charge is 0.456 e. The van der Waals surface area contributed by atoms with E-state index in [1.807, 2.05) is 0 Å². The van der Waals surface area contributed by atoms with Crippen molar-refractivity contribution in [3.63, 3.8) is 0 Å². The maximum atomic E-state index is 15.3. The number of aliphatic hydroxyl groups excluding tert-OH is 1. The highest BCUT2D eigenvalue weighted by molar-refractivity contribution is 5.95. The quantitative estimate of drug-likeness (QED) is 0.178. The van der Waals surface area contributed by atoms with E-state index in [4.69, 9.17) is 28.4 Å². The Labute approximate surface area is 342 Å². The number of fused-ring (bicyclic) bond motifs is 5. The van der Waals surface area contributed by atoms with Gasteiger partial charge in [-0.25, -0.2) is 9.59 Å². The van der Waals surface area contributed by atoms with Gasteiger partial charge in [0.25, 0.3) is 0 Å². The van der Waals surface area contributed by atoms with Crippen LogP contribution in [0.5, 0.6) is 0 Å². The van der Waals surface area contributed by atoms with Crippen molar-refractivity contribution < 1.29 is 67.4 Å². The molecule has 59 heavy (non-hydrogen) atoms. The molecule has 1 aliphatic heterocycles. The Bertz CT molecular complexity index is 2010. The lowest BCUT2D eigenvalue weighted by Gasteiger charge is -2.65. The summed E-state index contributed by atoms with van der Waals surface area (Å²) in [7, 11) is 0. The number of ketones is 1. The topological polar surface area (TPSA) is 210 Å². The van der Waals surface area contributed by atoms with Crippen molar-refractivity contribution in [3.8, 4) is 0 Å². The smallest absolute Gasteiger partial charge is 0.338 e. The maximum Gasteiger partial charge on any atom is 0.338 e. The molecule has 318 valence electrons. The summed E-state index contributed by atoms with van der Waals surface area (Å²) in [6, 6.07) is 15.6. The number of esters is 4. The Morgan fingerprint density at radius 3 is 2.08 bits per heavy atom. The summed E-state index contributed by atoms with van der Waals surface area (Å²) in [6.45, 7) is 11.5. The van der Waals surface area contributed by atoms with Crippen molar-refractivity contribution in [2.24, 2.45) is 11.3 Å². The van der Waals surface area contributed by atoms with E-state index in [9.17, 15) is 34.2 Å². The Hall–Kier alpha value is -4.96. The number of benzene rings is 2. The summed E-state index contributed by atoms with van der Waals surface area (Å²) >= 11 is 0. The van der Waals surface area contributed by atoms with E-state index < -0.39 is 119 Å². The van der Waals surface area contributed by atoms with Crippen molar-refractivity contribution in [2.45, 2.75) is 134 Å². The van der Waals surface area contributed by atoms with Gasteiger partial charge in [0.2, 0.25) is 5.91 Å². The Morgan fingerprint density at radius 1 is 0.915 bits per heavy atom. The second-order valence-electron chi connectivity index (χ2n) is 17.3. The number of rotatable bonds is 10. The third-order valence-electron chi connectivity index (χ3n) is 12.0. The number of ether oxygens (including phenoxy) is 6. The highest BCUT2D eigenvalue weighted by Gasteiger charge is 2.76. The average Bonchev–Trinajstić information content (AvgIpc) is 3.16. The van der Waals surface area contributed by atoms with Gasteiger partial charge in [-0.15, -0.1) is 0 Å². The lowest BCUT2D eigenvalue weighted by Crippen LogP contribution is -2.80. The van der Waals surface area contributed by atoms with E-state index in [0.29, 0.717) is 5.56 Å². The molecule has 15 heteroatoms. The van der Waals surface area contributed by atoms with E-state index >= 15 is 4.79 Å². The molecule has 6 rings (SSSR count). The number of carbonyl (C=O) groups excluding carboxylic acids is 6. The van der Waals surface area contributed by atoms with Gasteiger partial charge in [0, 0.05) is 40.0 Å². The predicted molar refractivity (Wildman–Crippen MR) is 207 cm³/mol. The Balaban J connectivity index is 1.54. The molecule has 2 bridgehead atoms. The highest BCUT2D eigenvalue weighted by Crippen LogP contribution is 2.61. The molecule has 3 aliphatic carbocycles. The van der Waals surface area contributed by atoms with E-state index in [1.54, 1.807) is 76.2 Å². The lowest BCUT2D eigenvalue weighted by molar-refractivity contribution is -0.340. The fourth-order valence-corrected chi connectivity index (χ4v) is 9.30. The molecule has 4 aliphatic rings. The van der Waals surface area contributed by atoms with E-state index in [2.05, 4.69) is 5.32 Å². The van der Waals surface area contributed by atoms with Gasteiger partial charge in [0.1, 0.15) is 23.9 Å². The molecule has 1 heterocycles. The minimum Gasteiger partial charge on any atom is -0.456 e. The summed E-state index contributed by atoms with van der Waals surface area (Å²) < 4.78 is 36.5. The average molecular weight is 820 g/mol. The molecular formula is C44H53NO14. The van der Waals surface area contributed by atoms with Crippen LogP contribution in [0, 0.1) is 11.3 Å².